The average Bonchev–Trinajstić information content (AvgIpc) is 3.05. The molecule has 3 aliphatic carbocycles. The second-order valence-electron chi connectivity index (χ2n) is 14.4. The van der Waals surface area contributed by atoms with Gasteiger partial charge in [0.1, 0.15) is 5.82 Å². The molecule has 0 saturated heterocycles. The van der Waals surface area contributed by atoms with Crippen LogP contribution in [0.25, 0.3) is 0 Å². The summed E-state index contributed by atoms with van der Waals surface area (Å²) in [5, 5.41) is 8.99. The van der Waals surface area contributed by atoms with Gasteiger partial charge in [-0.3, -0.25) is 4.89 Å². The van der Waals surface area contributed by atoms with Crippen LogP contribution in [0, 0.1) is 35.4 Å². The molecule has 0 aliphatic heterocycles. The molecule has 248 valence electrons. The zero-order valence-electron chi connectivity index (χ0n) is 27.6. The Hall–Kier alpha value is -1.76. The van der Waals surface area contributed by atoms with E-state index in [-0.39, 0.29) is 23.9 Å². The zero-order chi connectivity index (χ0) is 31.3. The van der Waals surface area contributed by atoms with Crippen molar-refractivity contribution < 1.29 is 28.8 Å². The summed E-state index contributed by atoms with van der Waals surface area (Å²) >= 11 is 0. The quantitative estimate of drug-likeness (QED) is 0.0870. The fourth-order valence-corrected chi connectivity index (χ4v) is 8.59. The molecule has 0 bridgehead atoms. The SMILES string of the molecule is C=C(CO)C(=O)OOCC(COC)CC1CCC(C2CCC(c3ccc(C4CCC(CCCCC)CC4)cc3F)CC2)CC1. The fraction of sp³-hybridized carbons (Fsp3) is 0.763. The number of benzene rings is 1. The number of carbonyl (C=O) groups is 1. The number of aliphatic hydroxyl groups excluding tert-OH is 1. The van der Waals surface area contributed by atoms with Crippen LogP contribution in [0.5, 0.6) is 0 Å². The van der Waals surface area contributed by atoms with Crippen LogP contribution in [0.4, 0.5) is 4.39 Å². The van der Waals surface area contributed by atoms with Crippen LogP contribution in [-0.4, -0.2) is 38.0 Å². The van der Waals surface area contributed by atoms with Crippen LogP contribution in [-0.2, 0) is 19.3 Å². The Bertz CT molecular complexity index is 1000. The zero-order valence-corrected chi connectivity index (χ0v) is 27.6. The van der Waals surface area contributed by atoms with Gasteiger partial charge in [0.05, 0.1) is 25.4 Å². The van der Waals surface area contributed by atoms with Crippen LogP contribution >= 0.6 is 0 Å². The van der Waals surface area contributed by atoms with Crippen LogP contribution in [0.1, 0.15) is 139 Å². The van der Waals surface area contributed by atoms with Crippen LogP contribution in [0.15, 0.2) is 30.4 Å². The van der Waals surface area contributed by atoms with Crippen molar-refractivity contribution in [2.75, 3.05) is 26.9 Å². The highest BCUT2D eigenvalue weighted by molar-refractivity contribution is 5.87. The van der Waals surface area contributed by atoms with Gasteiger partial charge in [-0.1, -0.05) is 64.2 Å². The number of aliphatic hydroxyl groups is 1. The maximum Gasteiger partial charge on any atom is 0.370 e. The molecule has 1 aromatic carbocycles. The van der Waals surface area contributed by atoms with Crippen molar-refractivity contribution in [3.8, 4) is 0 Å². The molecule has 5 nitrogen and oxygen atoms in total. The molecule has 1 unspecified atom stereocenters. The third kappa shape index (κ3) is 10.4. The molecule has 0 radical (unpaired) electrons. The lowest BCUT2D eigenvalue weighted by Crippen LogP contribution is -2.27. The van der Waals surface area contributed by atoms with Crippen molar-refractivity contribution in [3.05, 3.63) is 47.3 Å². The van der Waals surface area contributed by atoms with Crippen LogP contribution in [0.2, 0.25) is 0 Å². The highest BCUT2D eigenvalue weighted by Crippen LogP contribution is 2.46. The first kappa shape index (κ1) is 35.1. The van der Waals surface area contributed by atoms with Crippen molar-refractivity contribution in [1.82, 2.24) is 0 Å². The van der Waals surface area contributed by atoms with E-state index in [1.165, 1.54) is 95.5 Å². The van der Waals surface area contributed by atoms with E-state index in [1.54, 1.807) is 7.11 Å². The van der Waals surface area contributed by atoms with Gasteiger partial charge in [0.25, 0.3) is 0 Å². The normalized spacial score (nSPS) is 28.4. The first-order valence-electron chi connectivity index (χ1n) is 17.8. The fourth-order valence-electron chi connectivity index (χ4n) is 8.59. The smallest absolute Gasteiger partial charge is 0.370 e. The summed E-state index contributed by atoms with van der Waals surface area (Å²) in [5.74, 6) is 3.42. The molecule has 0 amide bonds. The van der Waals surface area contributed by atoms with Crippen LogP contribution < -0.4 is 0 Å². The number of halogens is 1. The van der Waals surface area contributed by atoms with Gasteiger partial charge in [-0.2, -0.15) is 4.89 Å². The lowest BCUT2D eigenvalue weighted by Gasteiger charge is -2.38. The molecule has 0 aromatic heterocycles. The molecule has 1 atom stereocenters. The van der Waals surface area contributed by atoms with Gasteiger partial charge < -0.3 is 9.84 Å². The van der Waals surface area contributed by atoms with E-state index in [2.05, 4.69) is 25.6 Å². The average molecular weight is 615 g/mol. The van der Waals surface area contributed by atoms with E-state index in [0.717, 1.165) is 42.6 Å². The Morgan fingerprint density at radius 3 is 2.16 bits per heavy atom. The summed E-state index contributed by atoms with van der Waals surface area (Å²) in [5.41, 5.74) is 2.17. The van der Waals surface area contributed by atoms with Crippen molar-refractivity contribution >= 4 is 5.97 Å². The van der Waals surface area contributed by atoms with Gasteiger partial charge >= 0.3 is 5.97 Å². The van der Waals surface area contributed by atoms with Gasteiger partial charge in [-0.15, -0.1) is 0 Å². The Balaban J connectivity index is 1.17. The highest BCUT2D eigenvalue weighted by atomic mass is 19.1. The summed E-state index contributed by atoms with van der Waals surface area (Å²) in [6.45, 7) is 6.12. The van der Waals surface area contributed by atoms with E-state index in [9.17, 15) is 4.79 Å². The Kier molecular flexibility index (Phi) is 14.7. The summed E-state index contributed by atoms with van der Waals surface area (Å²) < 4.78 is 20.8. The molecule has 0 spiro atoms. The Labute approximate surface area is 266 Å². The summed E-state index contributed by atoms with van der Waals surface area (Å²) in [6, 6.07) is 6.28. The van der Waals surface area contributed by atoms with E-state index in [0.29, 0.717) is 24.4 Å². The first-order valence-corrected chi connectivity index (χ1v) is 17.8. The molecule has 1 N–H and O–H groups in total. The largest absolute Gasteiger partial charge is 0.391 e. The Morgan fingerprint density at radius 1 is 0.909 bits per heavy atom. The van der Waals surface area contributed by atoms with Gasteiger partial charge in [0.15, 0.2) is 0 Å². The van der Waals surface area contributed by atoms with E-state index in [1.807, 2.05) is 6.07 Å². The lowest BCUT2D eigenvalue weighted by molar-refractivity contribution is -0.276. The number of ether oxygens (including phenoxy) is 1. The van der Waals surface area contributed by atoms with Gasteiger partial charge in [-0.25, -0.2) is 9.18 Å². The summed E-state index contributed by atoms with van der Waals surface area (Å²) in [7, 11) is 1.68. The molecular formula is C38H59FO5. The van der Waals surface area contributed by atoms with E-state index < -0.39 is 12.6 Å². The van der Waals surface area contributed by atoms with Gasteiger partial charge in [-0.05, 0) is 123 Å². The number of methoxy groups -OCH3 is 1. The third-order valence-corrected chi connectivity index (χ3v) is 11.3. The molecular weight excluding hydrogens is 555 g/mol. The molecule has 3 aliphatic rings. The van der Waals surface area contributed by atoms with Crippen molar-refractivity contribution in [2.45, 2.75) is 128 Å². The molecule has 1 aromatic rings. The molecule has 4 rings (SSSR count). The first-order chi connectivity index (χ1) is 21.4. The topological polar surface area (TPSA) is 65.0 Å². The minimum atomic E-state index is -0.732. The summed E-state index contributed by atoms with van der Waals surface area (Å²) in [6.07, 6.45) is 21.1. The number of rotatable bonds is 16. The highest BCUT2D eigenvalue weighted by Gasteiger charge is 2.33. The second kappa shape index (κ2) is 18.4. The van der Waals surface area contributed by atoms with Crippen molar-refractivity contribution in [3.63, 3.8) is 0 Å². The minimum absolute atomic E-state index is 0.0238. The lowest BCUT2D eigenvalue weighted by atomic mass is 9.67. The number of unbranched alkanes of at least 4 members (excludes halogenated alkanes) is 2. The molecule has 6 heteroatoms. The molecule has 44 heavy (non-hydrogen) atoms. The number of carbonyl (C=O) groups excluding carboxylic acids is 1. The van der Waals surface area contributed by atoms with Crippen molar-refractivity contribution in [2.24, 2.45) is 29.6 Å². The molecule has 3 fully saturated rings. The monoisotopic (exact) mass is 614 g/mol. The minimum Gasteiger partial charge on any atom is -0.391 e. The molecule has 3 saturated carbocycles. The maximum absolute atomic E-state index is 15.4. The Morgan fingerprint density at radius 2 is 1.55 bits per heavy atom. The third-order valence-electron chi connectivity index (χ3n) is 11.3. The second-order valence-corrected chi connectivity index (χ2v) is 14.4. The van der Waals surface area contributed by atoms with E-state index >= 15 is 4.39 Å². The van der Waals surface area contributed by atoms with Crippen molar-refractivity contribution in [1.29, 1.82) is 0 Å². The number of hydrogen-bond acceptors (Lipinski definition) is 5. The predicted octanol–water partition coefficient (Wildman–Crippen LogP) is 9.44. The summed E-state index contributed by atoms with van der Waals surface area (Å²) in [4.78, 5) is 21.6. The molecule has 0 heterocycles. The van der Waals surface area contributed by atoms with Crippen LogP contribution in [0.3, 0.4) is 0 Å². The van der Waals surface area contributed by atoms with E-state index in [4.69, 9.17) is 19.6 Å². The standard InChI is InChI=1S/C38H59FO5/c1-4-5-6-7-28-8-12-33(13-9-28)35-20-21-36(37(39)23-35)34-18-16-32(17-19-34)31-14-10-29(11-15-31)22-30(25-42-3)26-43-44-38(41)27(2)24-40/h20-21,23,28-34,40H,2,4-19,22,24-26H2,1,3H3. The number of hydrogen-bond donors (Lipinski definition) is 1. The van der Waals surface area contributed by atoms with Gasteiger partial charge in [0.2, 0.25) is 0 Å². The predicted molar refractivity (Wildman–Crippen MR) is 174 cm³/mol. The van der Waals surface area contributed by atoms with Gasteiger partial charge in [0, 0.05) is 13.0 Å². The maximum atomic E-state index is 15.4.